The van der Waals surface area contributed by atoms with Gasteiger partial charge in [-0.25, -0.2) is 18.7 Å². The molecule has 146 valence electrons. The fourth-order valence-electron chi connectivity index (χ4n) is 3.61. The molecule has 3 atom stereocenters. The summed E-state index contributed by atoms with van der Waals surface area (Å²) >= 11 is 0. The standard InChI is InChI=1S/C19H19F2N5O2/c1-18(21)7-14(20)19(26-17(18)22)6-10-3-4-11(5-12(10)19)25-16(27)13-8-24-15(28-2)9-23-13/h3-5,8-9,14H,6-7H2,1-2H3,(H2,22,26)(H,25,27)/t14-,18+,19+/m0/s1. The van der Waals surface area contributed by atoms with Crippen molar-refractivity contribution in [2.24, 2.45) is 10.7 Å². The molecule has 0 bridgehead atoms. The normalized spacial score (nSPS) is 28.1. The van der Waals surface area contributed by atoms with Crippen molar-refractivity contribution in [3.05, 3.63) is 47.4 Å². The highest BCUT2D eigenvalue weighted by Gasteiger charge is 2.56. The third kappa shape index (κ3) is 2.78. The van der Waals surface area contributed by atoms with Gasteiger partial charge < -0.3 is 15.8 Å². The smallest absolute Gasteiger partial charge is 0.275 e. The van der Waals surface area contributed by atoms with Gasteiger partial charge in [-0.3, -0.25) is 9.79 Å². The van der Waals surface area contributed by atoms with Crippen molar-refractivity contribution < 1.29 is 18.3 Å². The van der Waals surface area contributed by atoms with Crippen molar-refractivity contribution in [1.29, 1.82) is 0 Å². The number of alkyl halides is 2. The van der Waals surface area contributed by atoms with Gasteiger partial charge in [-0.1, -0.05) is 6.07 Å². The number of nitrogens with zero attached hydrogens (tertiary/aromatic N) is 3. The number of nitrogens with two attached hydrogens (primary N) is 1. The maximum atomic E-state index is 14.8. The summed E-state index contributed by atoms with van der Waals surface area (Å²) in [4.78, 5) is 24.5. The molecule has 9 heteroatoms. The van der Waals surface area contributed by atoms with Crippen LogP contribution in [0, 0.1) is 0 Å². The van der Waals surface area contributed by atoms with E-state index in [9.17, 15) is 13.6 Å². The van der Waals surface area contributed by atoms with Crippen LogP contribution in [0.1, 0.15) is 35.0 Å². The molecule has 2 aliphatic rings. The minimum atomic E-state index is -1.96. The van der Waals surface area contributed by atoms with Crippen LogP contribution in [0.5, 0.6) is 5.88 Å². The molecule has 1 spiro atoms. The molecule has 0 saturated carbocycles. The third-order valence-corrected chi connectivity index (χ3v) is 5.30. The first-order valence-electron chi connectivity index (χ1n) is 8.75. The van der Waals surface area contributed by atoms with Crippen LogP contribution in [0.15, 0.2) is 35.6 Å². The molecule has 0 unspecified atom stereocenters. The lowest BCUT2D eigenvalue weighted by Crippen LogP contribution is -2.56. The Morgan fingerprint density at radius 1 is 1.36 bits per heavy atom. The van der Waals surface area contributed by atoms with Crippen molar-refractivity contribution in [1.82, 2.24) is 9.97 Å². The van der Waals surface area contributed by atoms with Crippen LogP contribution in [0.4, 0.5) is 14.5 Å². The number of amides is 1. The lowest BCUT2D eigenvalue weighted by molar-refractivity contribution is 0.0866. The van der Waals surface area contributed by atoms with Gasteiger partial charge >= 0.3 is 0 Å². The van der Waals surface area contributed by atoms with Crippen molar-refractivity contribution in [2.75, 3.05) is 12.4 Å². The molecule has 0 saturated heterocycles. The summed E-state index contributed by atoms with van der Waals surface area (Å²) in [7, 11) is 1.45. The Morgan fingerprint density at radius 2 is 2.14 bits per heavy atom. The van der Waals surface area contributed by atoms with Crippen LogP contribution < -0.4 is 15.8 Å². The molecule has 3 N–H and O–H groups in total. The molecule has 0 fully saturated rings. The van der Waals surface area contributed by atoms with E-state index in [1.54, 1.807) is 18.2 Å². The van der Waals surface area contributed by atoms with E-state index in [1.807, 2.05) is 0 Å². The second kappa shape index (κ2) is 6.22. The third-order valence-electron chi connectivity index (χ3n) is 5.30. The number of amidine groups is 1. The second-order valence-corrected chi connectivity index (χ2v) is 7.24. The number of rotatable bonds is 3. The zero-order valence-corrected chi connectivity index (χ0v) is 15.4. The summed E-state index contributed by atoms with van der Waals surface area (Å²) in [6.45, 7) is 1.23. The minimum Gasteiger partial charge on any atom is -0.480 e. The van der Waals surface area contributed by atoms with Crippen molar-refractivity contribution in [2.45, 2.75) is 37.1 Å². The molecular formula is C19H19F2N5O2. The van der Waals surface area contributed by atoms with Crippen molar-refractivity contribution in [3.8, 4) is 5.88 Å². The molecule has 1 amide bonds. The molecule has 1 aromatic heterocycles. The Hall–Kier alpha value is -3.10. The molecule has 1 aliphatic carbocycles. The van der Waals surface area contributed by atoms with E-state index in [2.05, 4.69) is 20.3 Å². The van der Waals surface area contributed by atoms with Gasteiger partial charge in [0.15, 0.2) is 5.67 Å². The fourth-order valence-corrected chi connectivity index (χ4v) is 3.61. The highest BCUT2D eigenvalue weighted by Crippen LogP contribution is 2.51. The number of nitrogens with one attached hydrogen (secondary N) is 1. The molecule has 28 heavy (non-hydrogen) atoms. The monoisotopic (exact) mass is 387 g/mol. The number of hydrogen-bond donors (Lipinski definition) is 2. The Balaban J connectivity index is 1.60. The largest absolute Gasteiger partial charge is 0.480 e. The van der Waals surface area contributed by atoms with Crippen molar-refractivity contribution >= 4 is 17.4 Å². The Labute approximate surface area is 160 Å². The molecular weight excluding hydrogens is 368 g/mol. The lowest BCUT2D eigenvalue weighted by atomic mass is 9.65. The van der Waals surface area contributed by atoms with Crippen LogP contribution in [0.25, 0.3) is 0 Å². The molecule has 2 heterocycles. The number of aromatic nitrogens is 2. The molecule has 7 nitrogen and oxygen atoms in total. The molecule has 0 radical (unpaired) electrons. The van der Waals surface area contributed by atoms with Gasteiger partial charge in [-0.05, 0) is 30.2 Å². The number of carbonyl (C=O) groups is 1. The topological polar surface area (TPSA) is 102 Å². The highest BCUT2D eigenvalue weighted by atomic mass is 19.2. The van der Waals surface area contributed by atoms with E-state index >= 15 is 0 Å². The zero-order valence-electron chi connectivity index (χ0n) is 15.4. The van der Waals surface area contributed by atoms with Gasteiger partial charge in [-0.15, -0.1) is 0 Å². The number of fused-ring (bicyclic) bond motifs is 2. The Bertz CT molecular complexity index is 977. The summed E-state index contributed by atoms with van der Waals surface area (Å²) < 4.78 is 34.1. The number of hydrogen-bond acceptors (Lipinski definition) is 6. The molecule has 1 aliphatic heterocycles. The van der Waals surface area contributed by atoms with Crippen LogP contribution >= 0.6 is 0 Å². The maximum Gasteiger partial charge on any atom is 0.275 e. The quantitative estimate of drug-likeness (QED) is 0.841. The molecule has 2 aromatic rings. The van der Waals surface area contributed by atoms with Gasteiger partial charge in [0.2, 0.25) is 5.88 Å². The molecule has 4 rings (SSSR count). The minimum absolute atomic E-state index is 0.106. The van der Waals surface area contributed by atoms with Gasteiger partial charge in [0.25, 0.3) is 5.91 Å². The van der Waals surface area contributed by atoms with E-state index in [-0.39, 0.29) is 18.0 Å². The van der Waals surface area contributed by atoms with E-state index in [1.165, 1.54) is 26.4 Å². The van der Waals surface area contributed by atoms with Gasteiger partial charge in [-0.2, -0.15) is 0 Å². The van der Waals surface area contributed by atoms with Crippen molar-refractivity contribution in [3.63, 3.8) is 0 Å². The number of halogens is 2. The summed E-state index contributed by atoms with van der Waals surface area (Å²) in [6.07, 6.45) is 1.13. The second-order valence-electron chi connectivity index (χ2n) is 7.24. The van der Waals surface area contributed by atoms with Crippen LogP contribution in [0.2, 0.25) is 0 Å². The first kappa shape index (κ1) is 18.3. The number of ether oxygens (including phenoxy) is 1. The van der Waals surface area contributed by atoms with E-state index in [0.717, 1.165) is 5.56 Å². The van der Waals surface area contributed by atoms with Gasteiger partial charge in [0, 0.05) is 18.5 Å². The summed E-state index contributed by atoms with van der Waals surface area (Å²) in [6, 6.07) is 5.15. The van der Waals surface area contributed by atoms with Crippen LogP contribution in [-0.2, 0) is 12.0 Å². The number of benzene rings is 1. The predicted octanol–water partition coefficient (Wildman–Crippen LogP) is 2.32. The summed E-state index contributed by atoms with van der Waals surface area (Å²) in [5, 5.41) is 2.70. The first-order chi connectivity index (χ1) is 13.2. The Kier molecular flexibility index (Phi) is 4.06. The molecule has 1 aromatic carbocycles. The maximum absolute atomic E-state index is 14.8. The van der Waals surface area contributed by atoms with E-state index < -0.39 is 23.3 Å². The summed E-state index contributed by atoms with van der Waals surface area (Å²) in [5.74, 6) is -0.376. The number of aliphatic imine (C=N–C) groups is 1. The first-order valence-corrected chi connectivity index (χ1v) is 8.75. The average Bonchev–Trinajstić information content (AvgIpc) is 2.65. The summed E-state index contributed by atoms with van der Waals surface area (Å²) in [5.41, 5.74) is 4.66. The zero-order chi connectivity index (χ0) is 20.1. The van der Waals surface area contributed by atoms with Gasteiger partial charge in [0.1, 0.15) is 23.2 Å². The number of methoxy groups -OCH3 is 1. The predicted molar refractivity (Wildman–Crippen MR) is 99.0 cm³/mol. The Morgan fingerprint density at radius 3 is 2.82 bits per heavy atom. The van der Waals surface area contributed by atoms with Crippen LogP contribution in [-0.4, -0.2) is 40.7 Å². The SMILES string of the molecule is COc1cnc(C(=O)Nc2ccc3c(c2)[C@@]2(C3)N=C(N)[C@](C)(F)C[C@@H]2F)cn1. The van der Waals surface area contributed by atoms with Crippen LogP contribution in [0.3, 0.4) is 0 Å². The number of carbonyl (C=O) groups excluding carboxylic acids is 1. The number of anilines is 1. The highest BCUT2D eigenvalue weighted by molar-refractivity contribution is 6.02. The van der Waals surface area contributed by atoms with E-state index in [4.69, 9.17) is 10.5 Å². The average molecular weight is 387 g/mol. The lowest BCUT2D eigenvalue weighted by Gasteiger charge is -2.47. The van der Waals surface area contributed by atoms with E-state index in [0.29, 0.717) is 23.6 Å². The van der Waals surface area contributed by atoms with Gasteiger partial charge in [0.05, 0.1) is 19.5 Å². The fraction of sp³-hybridized carbons (Fsp3) is 0.368.